The molecule has 0 spiro atoms. The second-order valence-corrected chi connectivity index (χ2v) is 5.24. The molecule has 6 heteroatoms. The lowest BCUT2D eigenvalue weighted by Gasteiger charge is -2.10. The third kappa shape index (κ3) is 3.33. The number of amides is 1. The molecule has 2 rings (SSSR count). The lowest BCUT2D eigenvalue weighted by molar-refractivity contribution is 0.0954. The van der Waals surface area contributed by atoms with E-state index in [1.54, 1.807) is 24.5 Å². The monoisotopic (exact) mass is 293 g/mol. The van der Waals surface area contributed by atoms with Gasteiger partial charge in [-0.25, -0.2) is 9.37 Å². The Kier molecular flexibility index (Phi) is 4.68. The summed E-state index contributed by atoms with van der Waals surface area (Å²) in [6.45, 7) is 2.41. The summed E-state index contributed by atoms with van der Waals surface area (Å²) in [6, 6.07) is 4.44. The highest BCUT2D eigenvalue weighted by Crippen LogP contribution is 2.19. The molecule has 2 aromatic rings. The third-order valence-electron chi connectivity index (χ3n) is 2.80. The average molecular weight is 293 g/mol. The van der Waals surface area contributed by atoms with Gasteiger partial charge in [0.25, 0.3) is 5.91 Å². The lowest BCUT2D eigenvalue weighted by atomic mass is 10.1. The molecule has 0 atom stereocenters. The minimum absolute atomic E-state index is 0.218. The fraction of sp³-hybridized carbons (Fsp3) is 0.286. The van der Waals surface area contributed by atoms with E-state index in [1.165, 1.54) is 12.1 Å². The minimum atomic E-state index is -0.435. The largest absolute Gasteiger partial charge is 0.385 e. The van der Waals surface area contributed by atoms with E-state index in [9.17, 15) is 9.18 Å². The Morgan fingerprint density at radius 2 is 2.25 bits per heavy atom. The number of aryl methyl sites for hydroxylation is 1. The third-order valence-corrected chi connectivity index (χ3v) is 3.83. The average Bonchev–Trinajstić information content (AvgIpc) is 2.84. The van der Waals surface area contributed by atoms with Gasteiger partial charge in [-0.1, -0.05) is 6.07 Å². The number of carbonyl (C=O) groups excluding carboxylic acids is 1. The molecule has 0 radical (unpaired) electrons. The second-order valence-electron chi connectivity index (χ2n) is 4.30. The molecular formula is C14H16FN3OS. The molecule has 106 valence electrons. The Balaban J connectivity index is 1.97. The van der Waals surface area contributed by atoms with Crippen molar-refractivity contribution >= 4 is 22.9 Å². The summed E-state index contributed by atoms with van der Waals surface area (Å²) in [5, 5.41) is 8.45. The predicted octanol–water partition coefficient (Wildman–Crippen LogP) is 2.60. The number of carbonyl (C=O) groups is 1. The molecule has 0 fully saturated rings. The van der Waals surface area contributed by atoms with E-state index in [4.69, 9.17) is 0 Å². The summed E-state index contributed by atoms with van der Waals surface area (Å²) in [6.07, 6.45) is 0.675. The molecule has 0 saturated carbocycles. The first-order valence-electron chi connectivity index (χ1n) is 6.27. The molecule has 0 bridgehead atoms. The summed E-state index contributed by atoms with van der Waals surface area (Å²) in [5.74, 6) is -0.724. The van der Waals surface area contributed by atoms with Gasteiger partial charge in [0.05, 0.1) is 16.3 Å². The SMILES string of the molecule is CNc1c(F)cccc1C(=O)NCCc1nc(C)cs1. The molecule has 0 unspecified atom stereocenters. The van der Waals surface area contributed by atoms with Crippen molar-refractivity contribution in [2.45, 2.75) is 13.3 Å². The van der Waals surface area contributed by atoms with Crippen molar-refractivity contribution in [3.05, 3.63) is 45.7 Å². The number of hydrogen-bond acceptors (Lipinski definition) is 4. The van der Waals surface area contributed by atoms with Crippen molar-refractivity contribution in [2.24, 2.45) is 0 Å². The number of aromatic nitrogens is 1. The van der Waals surface area contributed by atoms with Crippen molar-refractivity contribution in [2.75, 3.05) is 18.9 Å². The van der Waals surface area contributed by atoms with Crippen molar-refractivity contribution in [3.63, 3.8) is 0 Å². The van der Waals surface area contributed by atoms with Gasteiger partial charge in [-0.15, -0.1) is 11.3 Å². The minimum Gasteiger partial charge on any atom is -0.385 e. The highest BCUT2D eigenvalue weighted by Gasteiger charge is 2.13. The molecular weight excluding hydrogens is 277 g/mol. The number of thiazole rings is 1. The van der Waals surface area contributed by atoms with Crippen molar-refractivity contribution in [3.8, 4) is 0 Å². The number of anilines is 1. The maximum Gasteiger partial charge on any atom is 0.253 e. The Morgan fingerprint density at radius 3 is 2.90 bits per heavy atom. The summed E-state index contributed by atoms with van der Waals surface area (Å²) < 4.78 is 13.5. The first-order chi connectivity index (χ1) is 9.61. The van der Waals surface area contributed by atoms with Crippen LogP contribution in [0.3, 0.4) is 0 Å². The number of para-hydroxylation sites is 1. The van der Waals surface area contributed by atoms with Crippen LogP contribution in [0.2, 0.25) is 0 Å². The van der Waals surface area contributed by atoms with Gasteiger partial charge in [0.2, 0.25) is 0 Å². The Hall–Kier alpha value is -1.95. The number of hydrogen-bond donors (Lipinski definition) is 2. The van der Waals surface area contributed by atoms with Crippen LogP contribution >= 0.6 is 11.3 Å². The molecule has 4 nitrogen and oxygen atoms in total. The number of nitrogens with one attached hydrogen (secondary N) is 2. The zero-order valence-electron chi connectivity index (χ0n) is 11.4. The van der Waals surface area contributed by atoms with E-state index in [0.717, 1.165) is 10.7 Å². The van der Waals surface area contributed by atoms with Crippen LogP contribution in [-0.2, 0) is 6.42 Å². The number of halogens is 1. The van der Waals surface area contributed by atoms with E-state index in [0.29, 0.717) is 18.5 Å². The first kappa shape index (κ1) is 14.5. The van der Waals surface area contributed by atoms with Crippen molar-refractivity contribution in [1.29, 1.82) is 0 Å². The zero-order valence-corrected chi connectivity index (χ0v) is 12.2. The predicted molar refractivity (Wildman–Crippen MR) is 78.8 cm³/mol. The molecule has 0 saturated heterocycles. The zero-order chi connectivity index (χ0) is 14.5. The van der Waals surface area contributed by atoms with Crippen LogP contribution in [-0.4, -0.2) is 24.5 Å². The normalized spacial score (nSPS) is 10.3. The van der Waals surface area contributed by atoms with Crippen LogP contribution in [0.25, 0.3) is 0 Å². The van der Waals surface area contributed by atoms with Gasteiger partial charge in [0.1, 0.15) is 5.82 Å². The fourth-order valence-electron chi connectivity index (χ4n) is 1.86. The van der Waals surface area contributed by atoms with E-state index < -0.39 is 5.82 Å². The van der Waals surface area contributed by atoms with Crippen LogP contribution in [0.4, 0.5) is 10.1 Å². The molecule has 0 aliphatic rings. The number of nitrogens with zero attached hydrogens (tertiary/aromatic N) is 1. The lowest BCUT2D eigenvalue weighted by Crippen LogP contribution is -2.26. The van der Waals surface area contributed by atoms with Gasteiger partial charge < -0.3 is 10.6 Å². The quantitative estimate of drug-likeness (QED) is 0.891. The molecule has 2 N–H and O–H groups in total. The van der Waals surface area contributed by atoms with Crippen LogP contribution in [0.15, 0.2) is 23.6 Å². The van der Waals surface area contributed by atoms with E-state index in [1.807, 2.05) is 12.3 Å². The Labute approximate surface area is 121 Å². The van der Waals surface area contributed by atoms with Gasteiger partial charge in [0, 0.05) is 31.1 Å². The smallest absolute Gasteiger partial charge is 0.253 e. The number of rotatable bonds is 5. The highest BCUT2D eigenvalue weighted by molar-refractivity contribution is 7.09. The topological polar surface area (TPSA) is 54.0 Å². The summed E-state index contributed by atoms with van der Waals surface area (Å²) in [5.41, 5.74) is 1.51. The molecule has 20 heavy (non-hydrogen) atoms. The maximum atomic E-state index is 13.5. The van der Waals surface area contributed by atoms with E-state index in [2.05, 4.69) is 15.6 Å². The Bertz CT molecular complexity index is 612. The van der Waals surface area contributed by atoms with Gasteiger partial charge in [-0.2, -0.15) is 0 Å². The van der Waals surface area contributed by atoms with Crippen molar-refractivity contribution < 1.29 is 9.18 Å². The molecule has 0 aliphatic carbocycles. The molecule has 1 aromatic carbocycles. The fourth-order valence-corrected chi connectivity index (χ4v) is 2.64. The second kappa shape index (κ2) is 6.47. The van der Waals surface area contributed by atoms with E-state index in [-0.39, 0.29) is 11.6 Å². The maximum absolute atomic E-state index is 13.5. The van der Waals surface area contributed by atoms with Gasteiger partial charge in [-0.3, -0.25) is 4.79 Å². The standard InChI is InChI=1S/C14H16FN3OS/c1-9-8-20-12(18-9)6-7-17-14(19)10-4-3-5-11(15)13(10)16-2/h3-5,8,16H,6-7H2,1-2H3,(H,17,19). The summed E-state index contributed by atoms with van der Waals surface area (Å²) >= 11 is 1.57. The molecule has 0 aliphatic heterocycles. The summed E-state index contributed by atoms with van der Waals surface area (Å²) in [4.78, 5) is 16.4. The number of benzene rings is 1. The van der Waals surface area contributed by atoms with Crippen LogP contribution in [0, 0.1) is 12.7 Å². The molecule has 1 heterocycles. The van der Waals surface area contributed by atoms with Crippen LogP contribution in [0.5, 0.6) is 0 Å². The van der Waals surface area contributed by atoms with Gasteiger partial charge >= 0.3 is 0 Å². The first-order valence-corrected chi connectivity index (χ1v) is 7.15. The summed E-state index contributed by atoms with van der Waals surface area (Å²) in [7, 11) is 1.59. The van der Waals surface area contributed by atoms with Crippen LogP contribution < -0.4 is 10.6 Å². The van der Waals surface area contributed by atoms with Gasteiger partial charge in [0.15, 0.2) is 0 Å². The van der Waals surface area contributed by atoms with Crippen molar-refractivity contribution in [1.82, 2.24) is 10.3 Å². The molecule has 1 aromatic heterocycles. The van der Waals surface area contributed by atoms with Gasteiger partial charge in [-0.05, 0) is 19.1 Å². The van der Waals surface area contributed by atoms with E-state index >= 15 is 0 Å². The molecule has 1 amide bonds. The Morgan fingerprint density at radius 1 is 1.45 bits per heavy atom. The van der Waals surface area contributed by atoms with Crippen LogP contribution in [0.1, 0.15) is 21.1 Å². The highest BCUT2D eigenvalue weighted by atomic mass is 32.1.